The van der Waals surface area contributed by atoms with Gasteiger partial charge in [0.05, 0.1) is 12.2 Å². The van der Waals surface area contributed by atoms with E-state index < -0.39 is 18.2 Å². The first-order chi connectivity index (χ1) is 11.6. The number of aliphatic hydroxyl groups is 2. The van der Waals surface area contributed by atoms with Crippen molar-refractivity contribution < 1.29 is 19.7 Å². The monoisotopic (exact) mass is 342 g/mol. The first-order valence-electron chi connectivity index (χ1n) is 9.70. The third-order valence-corrected chi connectivity index (χ3v) is 4.07. The van der Waals surface area contributed by atoms with Gasteiger partial charge in [0.2, 0.25) is 0 Å². The Hall–Kier alpha value is -0.870. The van der Waals surface area contributed by atoms with Crippen LogP contribution in [0.25, 0.3) is 0 Å². The van der Waals surface area contributed by atoms with Gasteiger partial charge in [-0.3, -0.25) is 4.79 Å². The summed E-state index contributed by atoms with van der Waals surface area (Å²) >= 11 is 0. The Morgan fingerprint density at radius 2 is 1.50 bits per heavy atom. The van der Waals surface area contributed by atoms with Crippen LogP contribution >= 0.6 is 0 Å². The molecule has 24 heavy (non-hydrogen) atoms. The van der Waals surface area contributed by atoms with Crippen molar-refractivity contribution in [3.63, 3.8) is 0 Å². The quantitative estimate of drug-likeness (QED) is 0.246. The summed E-state index contributed by atoms with van der Waals surface area (Å²) in [6.45, 7) is 3.51. The van der Waals surface area contributed by atoms with E-state index in [0.29, 0.717) is 6.42 Å². The molecule has 0 saturated carbocycles. The molecule has 0 aliphatic heterocycles. The van der Waals surface area contributed by atoms with E-state index >= 15 is 0 Å². The highest BCUT2D eigenvalue weighted by atomic mass is 16.5. The molecule has 0 amide bonds. The van der Waals surface area contributed by atoms with Crippen molar-refractivity contribution >= 4 is 5.97 Å². The fourth-order valence-electron chi connectivity index (χ4n) is 2.63. The number of hydrogen-bond acceptors (Lipinski definition) is 4. The molecule has 0 fully saturated rings. The van der Waals surface area contributed by atoms with E-state index in [2.05, 4.69) is 19.1 Å². The van der Waals surface area contributed by atoms with E-state index in [1.807, 2.05) is 0 Å². The van der Waals surface area contributed by atoms with Crippen LogP contribution < -0.4 is 0 Å². The summed E-state index contributed by atoms with van der Waals surface area (Å²) in [5.41, 5.74) is 0. The highest BCUT2D eigenvalue weighted by molar-refractivity contribution is 5.65. The van der Waals surface area contributed by atoms with Gasteiger partial charge in [0.25, 0.3) is 0 Å². The molecule has 0 aromatic heterocycles. The van der Waals surface area contributed by atoms with Gasteiger partial charge in [0.1, 0.15) is 6.61 Å². The van der Waals surface area contributed by atoms with E-state index in [1.165, 1.54) is 58.3 Å². The Morgan fingerprint density at radius 1 is 0.917 bits per heavy atom. The van der Waals surface area contributed by atoms with Gasteiger partial charge in [-0.25, -0.2) is 0 Å². The normalized spacial score (nSPS) is 14.0. The second kappa shape index (κ2) is 17.0. The lowest BCUT2D eigenvalue weighted by molar-refractivity contribution is -0.144. The maximum atomic E-state index is 10.6. The maximum Gasteiger partial charge on any atom is 0.302 e. The number of unbranched alkanes of at least 4 members (excludes halogenated alkanes) is 8. The SMILES string of the molecule is CCCCC/C=C/CCCCCCCC(O)CC(O)COC(C)=O. The van der Waals surface area contributed by atoms with Crippen molar-refractivity contribution in [1.29, 1.82) is 0 Å². The van der Waals surface area contributed by atoms with E-state index in [4.69, 9.17) is 4.74 Å². The molecule has 0 heterocycles. The fourth-order valence-corrected chi connectivity index (χ4v) is 2.63. The Balaban J connectivity index is 3.35. The number of allylic oxidation sites excluding steroid dienone is 2. The molecule has 0 bridgehead atoms. The molecule has 142 valence electrons. The number of esters is 1. The van der Waals surface area contributed by atoms with Gasteiger partial charge >= 0.3 is 5.97 Å². The van der Waals surface area contributed by atoms with Crippen molar-refractivity contribution in [1.82, 2.24) is 0 Å². The minimum Gasteiger partial charge on any atom is -0.463 e. The van der Waals surface area contributed by atoms with Crippen molar-refractivity contribution in [2.75, 3.05) is 6.61 Å². The van der Waals surface area contributed by atoms with Crippen molar-refractivity contribution in [3.05, 3.63) is 12.2 Å². The Labute approximate surface area is 148 Å². The van der Waals surface area contributed by atoms with Gasteiger partial charge in [-0.15, -0.1) is 0 Å². The molecule has 2 N–H and O–H groups in total. The molecule has 2 unspecified atom stereocenters. The predicted octanol–water partition coefficient (Wildman–Crippen LogP) is 4.53. The van der Waals surface area contributed by atoms with E-state index in [1.54, 1.807) is 0 Å². The van der Waals surface area contributed by atoms with Gasteiger partial charge in [0, 0.05) is 13.3 Å². The molecule has 0 rings (SSSR count). The lowest BCUT2D eigenvalue weighted by atomic mass is 10.0. The maximum absolute atomic E-state index is 10.6. The number of carbonyl (C=O) groups excluding carboxylic acids is 1. The van der Waals surface area contributed by atoms with Gasteiger partial charge in [-0.2, -0.15) is 0 Å². The molecule has 0 spiro atoms. The molecular weight excluding hydrogens is 304 g/mol. The second-order valence-electron chi connectivity index (χ2n) is 6.66. The van der Waals surface area contributed by atoms with E-state index in [9.17, 15) is 15.0 Å². The summed E-state index contributed by atoms with van der Waals surface area (Å²) in [6.07, 6.45) is 16.4. The molecule has 0 aliphatic rings. The van der Waals surface area contributed by atoms with Gasteiger partial charge in [-0.1, -0.05) is 57.6 Å². The average molecular weight is 343 g/mol. The van der Waals surface area contributed by atoms with Gasteiger partial charge in [-0.05, 0) is 32.1 Å². The summed E-state index contributed by atoms with van der Waals surface area (Å²) in [4.78, 5) is 10.6. The summed E-state index contributed by atoms with van der Waals surface area (Å²) in [7, 11) is 0. The Bertz CT molecular complexity index is 315. The standard InChI is InChI=1S/C20H38O4/c1-3-4-5-6-7-8-9-10-11-12-13-14-15-19(22)16-20(23)17-24-18(2)21/h7-8,19-20,22-23H,3-6,9-17H2,1-2H3/b8-7+. The van der Waals surface area contributed by atoms with Gasteiger partial charge < -0.3 is 14.9 Å². The van der Waals surface area contributed by atoms with Crippen LogP contribution in [0.4, 0.5) is 0 Å². The molecule has 4 heteroatoms. The van der Waals surface area contributed by atoms with Crippen LogP contribution in [0.2, 0.25) is 0 Å². The number of aliphatic hydroxyl groups excluding tert-OH is 2. The van der Waals surface area contributed by atoms with Crippen molar-refractivity contribution in [2.45, 2.75) is 103 Å². The molecule has 4 nitrogen and oxygen atoms in total. The molecule has 2 atom stereocenters. The molecule has 0 aliphatic carbocycles. The highest BCUT2D eigenvalue weighted by Gasteiger charge is 2.12. The molecule has 0 aromatic carbocycles. The number of ether oxygens (including phenoxy) is 1. The minimum absolute atomic E-state index is 0.0294. The molecule has 0 radical (unpaired) electrons. The van der Waals surface area contributed by atoms with Crippen LogP contribution in [0.3, 0.4) is 0 Å². The molecule has 0 aromatic rings. The largest absolute Gasteiger partial charge is 0.463 e. The third-order valence-electron chi connectivity index (χ3n) is 4.07. The van der Waals surface area contributed by atoms with Crippen LogP contribution in [0, 0.1) is 0 Å². The van der Waals surface area contributed by atoms with Crippen LogP contribution in [0.1, 0.15) is 90.9 Å². The first kappa shape index (κ1) is 23.1. The van der Waals surface area contributed by atoms with Crippen LogP contribution in [0.5, 0.6) is 0 Å². The van der Waals surface area contributed by atoms with E-state index in [-0.39, 0.29) is 13.0 Å². The Morgan fingerprint density at radius 3 is 2.12 bits per heavy atom. The van der Waals surface area contributed by atoms with Crippen LogP contribution in [-0.2, 0) is 9.53 Å². The smallest absolute Gasteiger partial charge is 0.302 e. The highest BCUT2D eigenvalue weighted by Crippen LogP contribution is 2.12. The second-order valence-corrected chi connectivity index (χ2v) is 6.66. The topological polar surface area (TPSA) is 66.8 Å². The van der Waals surface area contributed by atoms with Gasteiger partial charge in [0.15, 0.2) is 0 Å². The average Bonchev–Trinajstić information content (AvgIpc) is 2.54. The van der Waals surface area contributed by atoms with E-state index in [0.717, 1.165) is 12.8 Å². The van der Waals surface area contributed by atoms with Crippen molar-refractivity contribution in [2.24, 2.45) is 0 Å². The zero-order valence-electron chi connectivity index (χ0n) is 15.7. The first-order valence-corrected chi connectivity index (χ1v) is 9.70. The Kier molecular flexibility index (Phi) is 16.4. The minimum atomic E-state index is -0.770. The summed E-state index contributed by atoms with van der Waals surface area (Å²) in [5, 5.41) is 19.5. The predicted molar refractivity (Wildman–Crippen MR) is 98.9 cm³/mol. The number of hydrogen-bond donors (Lipinski definition) is 2. The van der Waals surface area contributed by atoms with Crippen LogP contribution in [-0.4, -0.2) is 35.0 Å². The fraction of sp³-hybridized carbons (Fsp3) is 0.850. The summed E-state index contributed by atoms with van der Waals surface area (Å²) < 4.78 is 4.72. The number of carbonyl (C=O) groups is 1. The zero-order chi connectivity index (χ0) is 18.0. The number of rotatable bonds is 16. The third kappa shape index (κ3) is 17.5. The van der Waals surface area contributed by atoms with Crippen LogP contribution in [0.15, 0.2) is 12.2 Å². The summed E-state index contributed by atoms with van der Waals surface area (Å²) in [6, 6.07) is 0. The lowest BCUT2D eigenvalue weighted by Gasteiger charge is -2.15. The van der Waals surface area contributed by atoms with Crippen molar-refractivity contribution in [3.8, 4) is 0 Å². The molecular formula is C20H38O4. The lowest BCUT2D eigenvalue weighted by Crippen LogP contribution is -2.23. The summed E-state index contributed by atoms with van der Waals surface area (Å²) in [5.74, 6) is -0.403. The molecule has 0 saturated heterocycles. The zero-order valence-corrected chi connectivity index (χ0v) is 15.7.